The van der Waals surface area contributed by atoms with Crippen molar-refractivity contribution in [2.45, 2.75) is 49.5 Å². The molecule has 3 N–H and O–H groups in total. The molecule has 0 spiro atoms. The first-order chi connectivity index (χ1) is 20.9. The van der Waals surface area contributed by atoms with Gasteiger partial charge in [-0.1, -0.05) is 57.7 Å². The van der Waals surface area contributed by atoms with E-state index in [1.165, 1.54) is 46.7 Å². The zero-order valence-electron chi connectivity index (χ0n) is 23.4. The topological polar surface area (TPSA) is 150 Å². The number of hydrogen-bond donors (Lipinski definition) is 3. The van der Waals surface area contributed by atoms with Gasteiger partial charge in [-0.2, -0.15) is 0 Å². The second-order valence-electron chi connectivity index (χ2n) is 10.6. The smallest absolute Gasteiger partial charge is 0.259 e. The number of ether oxygens (including phenoxy) is 2. The van der Waals surface area contributed by atoms with Crippen molar-refractivity contribution in [2.75, 3.05) is 31.7 Å². The number of carbonyl (C=O) groups excluding carboxylic acids is 2. The van der Waals surface area contributed by atoms with Gasteiger partial charge in [0.05, 0.1) is 35.0 Å². The zero-order valence-corrected chi connectivity index (χ0v) is 26.5. The molecule has 0 saturated carbocycles. The number of likely N-dealkylation sites (tertiary alicyclic amines) is 1. The van der Waals surface area contributed by atoms with Crippen molar-refractivity contribution in [2.24, 2.45) is 0 Å². The highest BCUT2D eigenvalue weighted by Gasteiger charge is 2.52. The summed E-state index contributed by atoms with van der Waals surface area (Å²) in [6.07, 6.45) is -4.78. The number of amides is 2. The number of aliphatic hydroxyl groups excluding tert-OH is 3. The van der Waals surface area contributed by atoms with Crippen LogP contribution in [-0.2, 0) is 19.1 Å². The predicted octanol–water partition coefficient (Wildman–Crippen LogP) is 2.86. The number of aliphatic hydroxyl groups is 3. The number of nitrogens with zero attached hydrogens (tertiary/aromatic N) is 5. The highest BCUT2D eigenvalue weighted by molar-refractivity contribution is 6.42. The summed E-state index contributed by atoms with van der Waals surface area (Å²) in [5.41, 5.74) is 1.24. The third kappa shape index (κ3) is 6.41. The van der Waals surface area contributed by atoms with Crippen molar-refractivity contribution in [1.29, 1.82) is 0 Å². The van der Waals surface area contributed by atoms with Crippen LogP contribution in [0.15, 0.2) is 42.6 Å². The number of hydrogen-bond acceptors (Lipinski definition) is 9. The van der Waals surface area contributed by atoms with E-state index in [4.69, 9.17) is 55.9 Å². The average Bonchev–Trinajstić information content (AvgIpc) is 3.61. The van der Waals surface area contributed by atoms with Crippen molar-refractivity contribution in [3.63, 3.8) is 0 Å². The molecule has 2 amide bonds. The van der Waals surface area contributed by atoms with Crippen LogP contribution in [0, 0.1) is 0 Å². The summed E-state index contributed by atoms with van der Waals surface area (Å²) in [6.45, 7) is 0.737. The number of rotatable bonds is 7. The van der Waals surface area contributed by atoms with E-state index in [-0.39, 0.29) is 34.7 Å². The lowest BCUT2D eigenvalue weighted by Gasteiger charge is -2.45. The highest BCUT2D eigenvalue weighted by Crippen LogP contribution is 2.37. The third-order valence-electron chi connectivity index (χ3n) is 7.81. The lowest BCUT2D eigenvalue weighted by molar-refractivity contribution is -0.211. The van der Waals surface area contributed by atoms with Crippen LogP contribution in [0.25, 0.3) is 11.3 Å². The van der Waals surface area contributed by atoms with Gasteiger partial charge in [0, 0.05) is 48.4 Å². The first-order valence-corrected chi connectivity index (χ1v) is 15.0. The summed E-state index contributed by atoms with van der Waals surface area (Å²) in [5, 5.41) is 42.0. The Morgan fingerprint density at radius 2 is 1.77 bits per heavy atom. The number of halogens is 4. The first kappa shape index (κ1) is 32.9. The molecular formula is C28H29Cl4N5O7. The summed E-state index contributed by atoms with van der Waals surface area (Å²) < 4.78 is 13.1. The van der Waals surface area contributed by atoms with Crippen LogP contribution >= 0.6 is 46.4 Å². The minimum atomic E-state index is -1.43. The van der Waals surface area contributed by atoms with Crippen molar-refractivity contribution < 1.29 is 34.4 Å². The van der Waals surface area contributed by atoms with Gasteiger partial charge < -0.3 is 34.6 Å². The Bertz CT molecular complexity index is 1520. The number of β-amino-alcohol motifs (C(OH)–C–C–N with tert-alkyl or cyclic N) is 1. The molecule has 12 nitrogen and oxygen atoms in total. The van der Waals surface area contributed by atoms with E-state index in [2.05, 4.69) is 10.3 Å². The molecule has 2 aromatic carbocycles. The SMILES string of the molecule is CO[C@@H]1[C@@H](n2cc(-c3ccc(Cl)c(Cl)c3)nn2)[C@@H](O)[C@@H](CO)O[C@H]1C(=O)N(c1cc(Cl)cc(Cl)c1)[C@@H]1CN(C(C)=O)C[C@H]1O. The molecule has 7 atom stereocenters. The molecule has 2 saturated heterocycles. The molecule has 0 radical (unpaired) electrons. The standard InChI is InChI=1S/C28H29Cl4N5O7/c1-13(39)35-10-21(22(40)11-35)37(17-7-15(29)6-16(30)8-17)28(42)27-26(43-2)24(25(41)23(12-38)44-27)36-9-20(33-34-36)14-3-4-18(31)19(32)5-14/h3-9,21-27,38,40-41H,10-12H2,1-2H3/t21-,22-,23-,24+,25+,26-,27-/m1/s1. The second kappa shape index (κ2) is 13.5. The fourth-order valence-corrected chi connectivity index (χ4v) is 6.46. The van der Waals surface area contributed by atoms with E-state index in [1.54, 1.807) is 24.4 Å². The van der Waals surface area contributed by atoms with Gasteiger partial charge in [0.2, 0.25) is 5.91 Å². The van der Waals surface area contributed by atoms with Crippen molar-refractivity contribution in [3.05, 3.63) is 62.7 Å². The molecule has 3 aromatic rings. The van der Waals surface area contributed by atoms with Crippen LogP contribution in [0.3, 0.4) is 0 Å². The van der Waals surface area contributed by atoms with Crippen LogP contribution < -0.4 is 4.90 Å². The number of benzene rings is 2. The van der Waals surface area contributed by atoms with Gasteiger partial charge in [-0.3, -0.25) is 9.59 Å². The van der Waals surface area contributed by atoms with Crippen molar-refractivity contribution in [1.82, 2.24) is 19.9 Å². The molecule has 16 heteroatoms. The summed E-state index contributed by atoms with van der Waals surface area (Å²) in [5.74, 6) is -0.968. The predicted molar refractivity (Wildman–Crippen MR) is 163 cm³/mol. The fourth-order valence-electron chi connectivity index (χ4n) is 5.65. The Balaban J connectivity index is 1.55. The van der Waals surface area contributed by atoms with Gasteiger partial charge in [-0.05, 0) is 30.3 Å². The molecule has 44 heavy (non-hydrogen) atoms. The van der Waals surface area contributed by atoms with Crippen LogP contribution in [0.5, 0.6) is 0 Å². The zero-order chi connectivity index (χ0) is 31.9. The van der Waals surface area contributed by atoms with Gasteiger partial charge in [0.25, 0.3) is 5.91 Å². The summed E-state index contributed by atoms with van der Waals surface area (Å²) in [7, 11) is 1.34. The Morgan fingerprint density at radius 3 is 2.36 bits per heavy atom. The Morgan fingerprint density at radius 1 is 1.07 bits per heavy atom. The maximum Gasteiger partial charge on any atom is 0.259 e. The van der Waals surface area contributed by atoms with E-state index in [9.17, 15) is 24.9 Å². The van der Waals surface area contributed by atoms with Crippen LogP contribution in [-0.4, -0.2) is 110 Å². The molecule has 2 aliphatic rings. The third-order valence-corrected chi connectivity index (χ3v) is 8.99. The van der Waals surface area contributed by atoms with Crippen LogP contribution in [0.2, 0.25) is 20.1 Å². The number of carbonyl (C=O) groups is 2. The Kier molecular flexibility index (Phi) is 10.0. The minimum absolute atomic E-state index is 0.00560. The molecule has 0 bridgehead atoms. The normalized spacial score (nSPS) is 27.0. The number of methoxy groups -OCH3 is 1. The first-order valence-electron chi connectivity index (χ1n) is 13.5. The van der Waals surface area contributed by atoms with E-state index in [0.717, 1.165) is 0 Å². The summed E-state index contributed by atoms with van der Waals surface area (Å²) in [4.78, 5) is 29.4. The summed E-state index contributed by atoms with van der Waals surface area (Å²) >= 11 is 24.8. The maximum absolute atomic E-state index is 14.5. The molecule has 236 valence electrons. The Labute approximate surface area is 272 Å². The second-order valence-corrected chi connectivity index (χ2v) is 12.3. The minimum Gasteiger partial charge on any atom is -0.394 e. The monoisotopic (exact) mass is 687 g/mol. The van der Waals surface area contributed by atoms with Gasteiger partial charge >= 0.3 is 0 Å². The van der Waals surface area contributed by atoms with E-state index in [1.807, 2.05) is 0 Å². The maximum atomic E-state index is 14.5. The highest BCUT2D eigenvalue weighted by atomic mass is 35.5. The molecule has 1 aromatic heterocycles. The van der Waals surface area contributed by atoms with Gasteiger partial charge in [-0.25, -0.2) is 4.68 Å². The lowest BCUT2D eigenvalue weighted by atomic mass is 9.91. The van der Waals surface area contributed by atoms with E-state index in [0.29, 0.717) is 21.3 Å². The largest absolute Gasteiger partial charge is 0.394 e. The molecule has 0 aliphatic carbocycles. The Hall–Kier alpha value is -2.52. The summed E-state index contributed by atoms with van der Waals surface area (Å²) in [6, 6.07) is 7.43. The van der Waals surface area contributed by atoms with Gasteiger partial charge in [0.1, 0.15) is 30.0 Å². The van der Waals surface area contributed by atoms with Crippen LogP contribution in [0.4, 0.5) is 5.69 Å². The van der Waals surface area contributed by atoms with Gasteiger partial charge in [-0.15, -0.1) is 5.10 Å². The van der Waals surface area contributed by atoms with E-state index < -0.39 is 55.1 Å². The molecular weight excluding hydrogens is 660 g/mol. The van der Waals surface area contributed by atoms with Crippen molar-refractivity contribution in [3.8, 4) is 11.3 Å². The molecule has 2 aliphatic heterocycles. The number of aromatic nitrogens is 3. The van der Waals surface area contributed by atoms with Crippen molar-refractivity contribution >= 4 is 63.9 Å². The van der Waals surface area contributed by atoms with E-state index >= 15 is 0 Å². The van der Waals surface area contributed by atoms with Crippen LogP contribution in [0.1, 0.15) is 13.0 Å². The quantitative estimate of drug-likeness (QED) is 0.341. The average molecular weight is 689 g/mol. The molecule has 5 rings (SSSR count). The molecule has 0 unspecified atom stereocenters. The van der Waals surface area contributed by atoms with Gasteiger partial charge in [0.15, 0.2) is 6.10 Å². The number of anilines is 1. The lowest BCUT2D eigenvalue weighted by Crippen LogP contribution is -2.63. The molecule has 2 fully saturated rings. The molecule has 3 heterocycles. The fraction of sp³-hybridized carbons (Fsp3) is 0.429.